The van der Waals surface area contributed by atoms with Crippen molar-refractivity contribution < 1.29 is 24.2 Å². The number of nitrogens with one attached hydrogen (secondary N) is 1. The summed E-state index contributed by atoms with van der Waals surface area (Å²) in [4.78, 5) is 34.7. The zero-order chi connectivity index (χ0) is 14.0. The Hall–Kier alpha value is -2.57. The molecule has 1 heterocycles. The van der Waals surface area contributed by atoms with Crippen LogP contribution < -0.4 is 10.1 Å². The van der Waals surface area contributed by atoms with Crippen molar-refractivity contribution in [3.8, 4) is 5.75 Å². The predicted molar refractivity (Wildman–Crippen MR) is 65.2 cm³/mol. The number of benzene rings is 1. The van der Waals surface area contributed by atoms with Crippen LogP contribution in [0, 0.1) is 0 Å². The van der Waals surface area contributed by atoms with Gasteiger partial charge in [0.25, 0.3) is 11.8 Å². The maximum atomic E-state index is 11.9. The highest BCUT2D eigenvalue weighted by Crippen LogP contribution is 2.28. The molecule has 0 saturated heterocycles. The lowest BCUT2D eigenvalue weighted by Gasteiger charge is -2.20. The van der Waals surface area contributed by atoms with Gasteiger partial charge in [0.05, 0.1) is 5.69 Å². The molecular weight excluding hydrogens is 252 g/mol. The van der Waals surface area contributed by atoms with Gasteiger partial charge in [-0.2, -0.15) is 0 Å². The van der Waals surface area contributed by atoms with Gasteiger partial charge in [0.2, 0.25) is 0 Å². The first-order chi connectivity index (χ1) is 8.97. The summed E-state index contributed by atoms with van der Waals surface area (Å²) in [5, 5.41) is 11.2. The third-order valence-electron chi connectivity index (χ3n) is 2.58. The average Bonchev–Trinajstić information content (AvgIpc) is 2.36. The number of anilines is 1. The maximum Gasteiger partial charge on any atom is 0.323 e. The summed E-state index contributed by atoms with van der Waals surface area (Å²) in [6.45, 7) is -0.483. The van der Waals surface area contributed by atoms with Gasteiger partial charge in [0.1, 0.15) is 12.3 Å². The van der Waals surface area contributed by atoms with Crippen molar-refractivity contribution in [2.24, 2.45) is 0 Å². The lowest BCUT2D eigenvalue weighted by atomic mass is 10.1. The highest BCUT2D eigenvalue weighted by Gasteiger charge is 2.20. The molecule has 2 amide bonds. The third kappa shape index (κ3) is 2.82. The van der Waals surface area contributed by atoms with E-state index >= 15 is 0 Å². The first-order valence-corrected chi connectivity index (χ1v) is 5.51. The van der Waals surface area contributed by atoms with Crippen molar-refractivity contribution in [2.75, 3.05) is 25.5 Å². The molecule has 2 rings (SSSR count). The molecule has 0 spiro atoms. The van der Waals surface area contributed by atoms with Crippen molar-refractivity contribution in [2.45, 2.75) is 0 Å². The van der Waals surface area contributed by atoms with Crippen LogP contribution in [0.5, 0.6) is 5.75 Å². The van der Waals surface area contributed by atoms with E-state index in [0.717, 1.165) is 4.90 Å². The van der Waals surface area contributed by atoms with Crippen LogP contribution in [0.1, 0.15) is 10.4 Å². The van der Waals surface area contributed by atoms with E-state index in [1.165, 1.54) is 19.2 Å². The van der Waals surface area contributed by atoms with Gasteiger partial charge in [-0.05, 0) is 18.2 Å². The number of fused-ring (bicyclic) bond motifs is 1. The number of carbonyl (C=O) groups excluding carboxylic acids is 2. The second-order valence-corrected chi connectivity index (χ2v) is 4.10. The van der Waals surface area contributed by atoms with E-state index in [4.69, 9.17) is 9.84 Å². The molecule has 0 fully saturated rings. The number of carboxylic acids is 1. The molecule has 2 N–H and O–H groups in total. The minimum atomic E-state index is -1.09. The Kier molecular flexibility index (Phi) is 3.37. The van der Waals surface area contributed by atoms with Crippen molar-refractivity contribution in [3.63, 3.8) is 0 Å². The molecule has 0 aliphatic carbocycles. The molecular formula is C12H12N2O5. The second kappa shape index (κ2) is 4.97. The summed E-state index contributed by atoms with van der Waals surface area (Å²) in [5.74, 6) is -1.37. The number of hydrogen-bond acceptors (Lipinski definition) is 4. The first kappa shape index (κ1) is 12.9. The summed E-state index contributed by atoms with van der Waals surface area (Å²) in [5.41, 5.74) is 0.798. The summed E-state index contributed by atoms with van der Waals surface area (Å²) < 4.78 is 5.19. The molecule has 1 aliphatic heterocycles. The summed E-state index contributed by atoms with van der Waals surface area (Å²) in [6.07, 6.45) is 0. The van der Waals surface area contributed by atoms with Crippen LogP contribution in [0.25, 0.3) is 0 Å². The van der Waals surface area contributed by atoms with E-state index in [1.807, 2.05) is 0 Å². The Balaban J connectivity index is 2.20. The molecule has 0 atom stereocenters. The quantitative estimate of drug-likeness (QED) is 0.811. The van der Waals surface area contributed by atoms with E-state index in [0.29, 0.717) is 17.0 Å². The third-order valence-corrected chi connectivity index (χ3v) is 2.58. The maximum absolute atomic E-state index is 11.9. The summed E-state index contributed by atoms with van der Waals surface area (Å²) >= 11 is 0. The van der Waals surface area contributed by atoms with Gasteiger partial charge in [0, 0.05) is 12.6 Å². The van der Waals surface area contributed by atoms with Gasteiger partial charge in [-0.1, -0.05) is 0 Å². The van der Waals surface area contributed by atoms with Crippen LogP contribution in [0.3, 0.4) is 0 Å². The van der Waals surface area contributed by atoms with Crippen LogP contribution >= 0.6 is 0 Å². The molecule has 0 saturated carbocycles. The minimum Gasteiger partial charge on any atom is -0.482 e. The van der Waals surface area contributed by atoms with E-state index < -0.39 is 11.9 Å². The molecule has 0 aromatic heterocycles. The number of carboxylic acid groups (broad SMARTS) is 1. The van der Waals surface area contributed by atoms with Crippen LogP contribution in [0.2, 0.25) is 0 Å². The summed E-state index contributed by atoms with van der Waals surface area (Å²) in [6, 6.07) is 4.54. The van der Waals surface area contributed by atoms with E-state index in [9.17, 15) is 14.4 Å². The van der Waals surface area contributed by atoms with Gasteiger partial charge in [-0.3, -0.25) is 14.4 Å². The monoisotopic (exact) mass is 264 g/mol. The molecule has 0 radical (unpaired) electrons. The number of rotatable bonds is 3. The zero-order valence-corrected chi connectivity index (χ0v) is 10.2. The van der Waals surface area contributed by atoms with Gasteiger partial charge in [-0.25, -0.2) is 0 Å². The largest absolute Gasteiger partial charge is 0.482 e. The average molecular weight is 264 g/mol. The van der Waals surface area contributed by atoms with Crippen LogP contribution in [-0.4, -0.2) is 48.0 Å². The fourth-order valence-corrected chi connectivity index (χ4v) is 1.70. The highest BCUT2D eigenvalue weighted by atomic mass is 16.5. The zero-order valence-electron chi connectivity index (χ0n) is 10.2. The lowest BCUT2D eigenvalue weighted by molar-refractivity contribution is -0.137. The lowest BCUT2D eigenvalue weighted by Crippen LogP contribution is -2.32. The van der Waals surface area contributed by atoms with Crippen LogP contribution in [0.15, 0.2) is 18.2 Å². The SMILES string of the molecule is CN(CC(=O)O)C(=O)c1ccc2c(c1)OCC(=O)N2. The van der Waals surface area contributed by atoms with Gasteiger partial charge in [0.15, 0.2) is 6.61 Å². The fourth-order valence-electron chi connectivity index (χ4n) is 1.70. The van der Waals surface area contributed by atoms with E-state index in [2.05, 4.69) is 5.32 Å². The molecule has 7 heteroatoms. The number of nitrogens with zero attached hydrogens (tertiary/aromatic N) is 1. The Bertz CT molecular complexity index is 555. The Morgan fingerprint density at radius 3 is 2.89 bits per heavy atom. The summed E-state index contributed by atoms with van der Waals surface area (Å²) in [7, 11) is 1.40. The first-order valence-electron chi connectivity index (χ1n) is 5.51. The Morgan fingerprint density at radius 1 is 1.47 bits per heavy atom. The number of hydrogen-bond donors (Lipinski definition) is 2. The van der Waals surface area contributed by atoms with Crippen LogP contribution in [0.4, 0.5) is 5.69 Å². The number of carbonyl (C=O) groups is 3. The van der Waals surface area contributed by atoms with Crippen molar-refractivity contribution >= 4 is 23.5 Å². The number of aliphatic carboxylic acids is 1. The van der Waals surface area contributed by atoms with Gasteiger partial charge < -0.3 is 20.1 Å². The predicted octanol–water partition coefficient (Wildman–Crippen LogP) is 0.174. The minimum absolute atomic E-state index is 0.102. The molecule has 7 nitrogen and oxygen atoms in total. The number of amides is 2. The number of ether oxygens (including phenoxy) is 1. The number of likely N-dealkylation sites (N-methyl/N-ethyl adjacent to an activating group) is 1. The smallest absolute Gasteiger partial charge is 0.323 e. The van der Waals surface area contributed by atoms with Gasteiger partial charge >= 0.3 is 5.97 Å². The topological polar surface area (TPSA) is 95.9 Å². The van der Waals surface area contributed by atoms with Crippen LogP contribution in [-0.2, 0) is 9.59 Å². The Labute approximate surface area is 108 Å². The van der Waals surface area contributed by atoms with Crippen molar-refractivity contribution in [3.05, 3.63) is 23.8 Å². The van der Waals surface area contributed by atoms with E-state index in [1.54, 1.807) is 6.07 Å². The Morgan fingerprint density at radius 2 is 2.21 bits per heavy atom. The molecule has 1 aromatic rings. The van der Waals surface area contributed by atoms with Crippen molar-refractivity contribution in [1.29, 1.82) is 0 Å². The van der Waals surface area contributed by atoms with Crippen molar-refractivity contribution in [1.82, 2.24) is 4.90 Å². The molecule has 0 unspecified atom stereocenters. The highest BCUT2D eigenvalue weighted by molar-refractivity contribution is 5.99. The fraction of sp³-hybridized carbons (Fsp3) is 0.250. The van der Waals surface area contributed by atoms with E-state index in [-0.39, 0.29) is 19.1 Å². The van der Waals surface area contributed by atoms with Gasteiger partial charge in [-0.15, -0.1) is 0 Å². The molecule has 1 aromatic carbocycles. The second-order valence-electron chi connectivity index (χ2n) is 4.10. The molecule has 1 aliphatic rings. The molecule has 19 heavy (non-hydrogen) atoms. The normalized spacial score (nSPS) is 13.0. The standard InChI is InChI=1S/C12H12N2O5/c1-14(5-11(16)17)12(18)7-2-3-8-9(4-7)19-6-10(15)13-8/h2-4H,5-6H2,1H3,(H,13,15)(H,16,17). The molecule has 100 valence electrons. The molecule has 0 bridgehead atoms.